The Balaban J connectivity index is 1.86. The number of carbonyl (C=O) groups is 1. The van der Waals surface area contributed by atoms with Crippen LogP contribution >= 0.6 is 0 Å². The molecule has 0 aliphatic carbocycles. The molecule has 4 heteroatoms. The first kappa shape index (κ1) is 14.9. The van der Waals surface area contributed by atoms with Gasteiger partial charge in [0.05, 0.1) is 12.7 Å². The lowest BCUT2D eigenvalue weighted by molar-refractivity contribution is 0.0235. The van der Waals surface area contributed by atoms with Gasteiger partial charge in [-0.2, -0.15) is 0 Å². The quantitative estimate of drug-likeness (QED) is 0.776. The van der Waals surface area contributed by atoms with Crippen LogP contribution in [-0.2, 0) is 4.74 Å². The molecular weight excluding hydrogens is 254 g/mol. The molecule has 0 amide bonds. The highest BCUT2D eigenvalue weighted by Gasteiger charge is 2.17. The van der Waals surface area contributed by atoms with Gasteiger partial charge in [-0.1, -0.05) is 12.5 Å². The van der Waals surface area contributed by atoms with Crippen LogP contribution in [0.4, 0.5) is 0 Å². The van der Waals surface area contributed by atoms with E-state index < -0.39 is 0 Å². The van der Waals surface area contributed by atoms with Crippen LogP contribution in [0.1, 0.15) is 36.5 Å². The summed E-state index contributed by atoms with van der Waals surface area (Å²) in [5.74, 6) is 0.386. The summed E-state index contributed by atoms with van der Waals surface area (Å²) in [7, 11) is 1.59. The lowest BCUT2D eigenvalue weighted by Crippen LogP contribution is -2.37. The van der Waals surface area contributed by atoms with Crippen molar-refractivity contribution in [3.05, 3.63) is 29.8 Å². The molecule has 1 aliphatic rings. The predicted octanol–water partition coefficient (Wildman–Crippen LogP) is 2.73. The van der Waals surface area contributed by atoms with E-state index in [4.69, 9.17) is 9.47 Å². The predicted molar refractivity (Wildman–Crippen MR) is 78.2 cm³/mol. The van der Waals surface area contributed by atoms with Gasteiger partial charge >= 0.3 is 5.97 Å². The van der Waals surface area contributed by atoms with Crippen molar-refractivity contribution in [3.63, 3.8) is 0 Å². The number of esters is 1. The van der Waals surface area contributed by atoms with E-state index in [0.717, 1.165) is 19.6 Å². The Hall–Kier alpha value is -1.55. The minimum Gasteiger partial charge on any atom is -0.497 e. The van der Waals surface area contributed by atoms with Gasteiger partial charge in [-0.05, 0) is 51.1 Å². The van der Waals surface area contributed by atoms with E-state index in [1.54, 1.807) is 25.3 Å². The van der Waals surface area contributed by atoms with E-state index in [2.05, 4.69) is 4.90 Å². The molecule has 1 aliphatic heterocycles. The number of nitrogens with zero attached hydrogens (tertiary/aromatic N) is 1. The van der Waals surface area contributed by atoms with Gasteiger partial charge in [0.2, 0.25) is 0 Å². The van der Waals surface area contributed by atoms with Gasteiger partial charge in [0.1, 0.15) is 11.9 Å². The van der Waals surface area contributed by atoms with Crippen molar-refractivity contribution in [2.75, 3.05) is 26.7 Å². The lowest BCUT2D eigenvalue weighted by Gasteiger charge is -2.28. The van der Waals surface area contributed by atoms with Crippen molar-refractivity contribution in [2.24, 2.45) is 0 Å². The van der Waals surface area contributed by atoms with Crippen molar-refractivity contribution in [3.8, 4) is 5.75 Å². The number of ether oxygens (including phenoxy) is 2. The number of rotatable bonds is 5. The second kappa shape index (κ2) is 7.29. The Labute approximate surface area is 120 Å². The van der Waals surface area contributed by atoms with Crippen molar-refractivity contribution in [2.45, 2.75) is 32.3 Å². The zero-order valence-corrected chi connectivity index (χ0v) is 12.3. The fourth-order valence-corrected chi connectivity index (χ4v) is 2.54. The van der Waals surface area contributed by atoms with Gasteiger partial charge in [-0.15, -0.1) is 0 Å². The van der Waals surface area contributed by atoms with Crippen LogP contribution in [0.3, 0.4) is 0 Å². The Morgan fingerprint density at radius 1 is 1.30 bits per heavy atom. The molecule has 0 saturated carbocycles. The smallest absolute Gasteiger partial charge is 0.338 e. The van der Waals surface area contributed by atoms with Gasteiger partial charge in [-0.25, -0.2) is 4.79 Å². The van der Waals surface area contributed by atoms with E-state index in [1.807, 2.05) is 13.0 Å². The summed E-state index contributed by atoms with van der Waals surface area (Å²) < 4.78 is 10.6. The molecule has 110 valence electrons. The molecule has 0 bridgehead atoms. The number of carbonyl (C=O) groups excluding carboxylic acids is 1. The average molecular weight is 277 g/mol. The molecule has 1 aromatic carbocycles. The maximum atomic E-state index is 12.1. The van der Waals surface area contributed by atoms with Crippen LogP contribution < -0.4 is 4.74 Å². The maximum absolute atomic E-state index is 12.1. The van der Waals surface area contributed by atoms with Gasteiger partial charge in [-0.3, -0.25) is 4.90 Å². The van der Waals surface area contributed by atoms with E-state index in [1.165, 1.54) is 19.3 Å². The third kappa shape index (κ3) is 4.23. The fourth-order valence-electron chi connectivity index (χ4n) is 2.54. The van der Waals surface area contributed by atoms with Crippen LogP contribution in [-0.4, -0.2) is 43.7 Å². The van der Waals surface area contributed by atoms with E-state index in [-0.39, 0.29) is 12.1 Å². The lowest BCUT2D eigenvalue weighted by atomic mass is 10.1. The molecule has 0 radical (unpaired) electrons. The molecule has 1 heterocycles. The highest BCUT2D eigenvalue weighted by atomic mass is 16.5. The second-order valence-electron chi connectivity index (χ2n) is 5.31. The third-order valence-electron chi connectivity index (χ3n) is 3.58. The standard InChI is InChI=1S/C16H23NO3/c1-13(12-17-9-4-3-5-10-17)20-16(18)14-7-6-8-15(11-14)19-2/h6-8,11,13H,3-5,9-10,12H2,1-2H3. The summed E-state index contributed by atoms with van der Waals surface area (Å²) in [6.45, 7) is 4.99. The highest BCUT2D eigenvalue weighted by Crippen LogP contribution is 2.15. The van der Waals surface area contributed by atoms with Crippen LogP contribution in [0.25, 0.3) is 0 Å². The van der Waals surface area contributed by atoms with Gasteiger partial charge < -0.3 is 9.47 Å². The Kier molecular flexibility index (Phi) is 5.41. The SMILES string of the molecule is COc1cccc(C(=O)OC(C)CN2CCCCC2)c1. The molecule has 0 N–H and O–H groups in total. The first-order valence-electron chi connectivity index (χ1n) is 7.26. The van der Waals surface area contributed by atoms with Gasteiger partial charge in [0, 0.05) is 6.54 Å². The summed E-state index contributed by atoms with van der Waals surface area (Å²) in [4.78, 5) is 14.4. The van der Waals surface area contributed by atoms with Gasteiger partial charge in [0.15, 0.2) is 0 Å². The summed E-state index contributed by atoms with van der Waals surface area (Å²) in [6.07, 6.45) is 3.72. The molecule has 1 aromatic rings. The van der Waals surface area contributed by atoms with Crippen LogP contribution in [0, 0.1) is 0 Å². The fraction of sp³-hybridized carbons (Fsp3) is 0.562. The summed E-state index contributed by atoms with van der Waals surface area (Å²) >= 11 is 0. The highest BCUT2D eigenvalue weighted by molar-refractivity contribution is 5.89. The van der Waals surface area contributed by atoms with Crippen molar-refractivity contribution in [1.82, 2.24) is 4.90 Å². The van der Waals surface area contributed by atoms with E-state index >= 15 is 0 Å². The zero-order chi connectivity index (χ0) is 14.4. The minimum atomic E-state index is -0.284. The minimum absolute atomic E-state index is 0.0909. The largest absolute Gasteiger partial charge is 0.497 e. The third-order valence-corrected chi connectivity index (χ3v) is 3.58. The molecule has 1 unspecified atom stereocenters. The van der Waals surface area contributed by atoms with Crippen LogP contribution in [0.2, 0.25) is 0 Å². The van der Waals surface area contributed by atoms with Gasteiger partial charge in [0.25, 0.3) is 0 Å². The van der Waals surface area contributed by atoms with Crippen molar-refractivity contribution < 1.29 is 14.3 Å². The molecule has 0 aromatic heterocycles. The van der Waals surface area contributed by atoms with E-state index in [0.29, 0.717) is 11.3 Å². The van der Waals surface area contributed by atoms with Crippen LogP contribution in [0.15, 0.2) is 24.3 Å². The summed E-state index contributed by atoms with van der Waals surface area (Å²) in [5, 5.41) is 0. The molecule has 20 heavy (non-hydrogen) atoms. The number of piperidine rings is 1. The molecule has 1 saturated heterocycles. The molecule has 2 rings (SSSR count). The number of hydrogen-bond acceptors (Lipinski definition) is 4. The summed E-state index contributed by atoms with van der Waals surface area (Å²) in [6, 6.07) is 7.06. The maximum Gasteiger partial charge on any atom is 0.338 e. The number of benzene rings is 1. The van der Waals surface area contributed by atoms with Crippen molar-refractivity contribution >= 4 is 5.97 Å². The number of likely N-dealkylation sites (tertiary alicyclic amines) is 1. The van der Waals surface area contributed by atoms with E-state index in [9.17, 15) is 4.79 Å². The number of methoxy groups -OCH3 is 1. The Morgan fingerprint density at radius 3 is 2.75 bits per heavy atom. The molecule has 1 atom stereocenters. The molecule has 1 fully saturated rings. The first-order chi connectivity index (χ1) is 9.69. The monoisotopic (exact) mass is 277 g/mol. The normalized spacial score (nSPS) is 17.5. The molecule has 4 nitrogen and oxygen atoms in total. The average Bonchev–Trinajstić information content (AvgIpc) is 2.48. The molecule has 0 spiro atoms. The zero-order valence-electron chi connectivity index (χ0n) is 12.3. The topological polar surface area (TPSA) is 38.8 Å². The number of hydrogen-bond donors (Lipinski definition) is 0. The first-order valence-corrected chi connectivity index (χ1v) is 7.26. The molecular formula is C16H23NO3. The second-order valence-corrected chi connectivity index (χ2v) is 5.31. The Bertz CT molecular complexity index is 441. The van der Waals surface area contributed by atoms with Crippen LogP contribution in [0.5, 0.6) is 5.75 Å². The summed E-state index contributed by atoms with van der Waals surface area (Å²) in [5.41, 5.74) is 0.537. The Morgan fingerprint density at radius 2 is 2.05 bits per heavy atom. The van der Waals surface area contributed by atoms with Crippen molar-refractivity contribution in [1.29, 1.82) is 0 Å².